The smallest absolute Gasteiger partial charge is 0.182 e. The lowest BCUT2D eigenvalue weighted by atomic mass is 10.0. The van der Waals surface area contributed by atoms with E-state index in [0.717, 1.165) is 17.1 Å². The maximum absolute atomic E-state index is 12.2. The minimum absolute atomic E-state index is 0.123. The minimum Gasteiger partial charge on any atom is -0.324 e. The van der Waals surface area contributed by atoms with E-state index in [9.17, 15) is 8.42 Å². The Morgan fingerprint density at radius 2 is 1.90 bits per heavy atom. The first-order valence-electron chi connectivity index (χ1n) is 7.05. The molecule has 3 rings (SSSR count). The molecule has 0 fully saturated rings. The quantitative estimate of drug-likeness (QED) is 0.855. The van der Waals surface area contributed by atoms with Crippen LogP contribution in [0.25, 0.3) is 0 Å². The van der Waals surface area contributed by atoms with E-state index >= 15 is 0 Å². The fourth-order valence-electron chi connectivity index (χ4n) is 2.69. The molecular weight excluding hydrogens is 284 g/mol. The number of sulfone groups is 1. The van der Waals surface area contributed by atoms with Gasteiger partial charge in [-0.15, -0.1) is 0 Å². The second-order valence-electron chi connectivity index (χ2n) is 5.51. The number of para-hydroxylation sites is 1. The second kappa shape index (κ2) is 5.15. The van der Waals surface area contributed by atoms with Gasteiger partial charge in [-0.3, -0.25) is 0 Å². The highest BCUT2D eigenvalue weighted by Gasteiger charge is 2.30. The monoisotopic (exact) mass is 302 g/mol. The zero-order valence-corrected chi connectivity index (χ0v) is 13.0. The molecule has 110 valence electrons. The van der Waals surface area contributed by atoms with Crippen LogP contribution in [0.3, 0.4) is 0 Å². The van der Waals surface area contributed by atoms with E-state index in [2.05, 4.69) is 24.9 Å². The third kappa shape index (κ3) is 2.42. The van der Waals surface area contributed by atoms with Crippen molar-refractivity contribution in [3.63, 3.8) is 0 Å². The molecular formula is C16H18N2O2S. The lowest BCUT2D eigenvalue weighted by Gasteiger charge is -2.32. The van der Waals surface area contributed by atoms with Crippen LogP contribution in [0.1, 0.15) is 25.3 Å². The molecule has 0 amide bonds. The van der Waals surface area contributed by atoms with Gasteiger partial charge >= 0.3 is 0 Å². The lowest BCUT2D eigenvalue weighted by molar-refractivity contribution is 0.592. The highest BCUT2D eigenvalue weighted by Crippen LogP contribution is 2.37. The summed E-state index contributed by atoms with van der Waals surface area (Å²) in [7, 11) is -3.19. The van der Waals surface area contributed by atoms with Crippen molar-refractivity contribution in [2.45, 2.75) is 24.7 Å². The van der Waals surface area contributed by atoms with Gasteiger partial charge in [-0.2, -0.15) is 0 Å². The lowest BCUT2D eigenvalue weighted by Crippen LogP contribution is -2.32. The van der Waals surface area contributed by atoms with Crippen molar-refractivity contribution in [2.24, 2.45) is 0 Å². The normalized spacial score (nSPS) is 16.8. The van der Waals surface area contributed by atoms with E-state index in [1.807, 2.05) is 23.1 Å². The van der Waals surface area contributed by atoms with Gasteiger partial charge in [-0.1, -0.05) is 32.0 Å². The van der Waals surface area contributed by atoms with Gasteiger partial charge in [0, 0.05) is 12.7 Å². The topological polar surface area (TPSA) is 50.3 Å². The van der Waals surface area contributed by atoms with Gasteiger partial charge in [-0.05, 0) is 29.7 Å². The Kier molecular flexibility index (Phi) is 3.45. The summed E-state index contributed by atoms with van der Waals surface area (Å²) in [5, 5.41) is 0. The third-order valence-corrected chi connectivity index (χ3v) is 5.50. The number of hydrogen-bond donors (Lipinski definition) is 0. The van der Waals surface area contributed by atoms with Crippen LogP contribution in [0.5, 0.6) is 0 Å². The fourth-order valence-corrected chi connectivity index (χ4v) is 4.12. The zero-order valence-electron chi connectivity index (χ0n) is 12.2. The summed E-state index contributed by atoms with van der Waals surface area (Å²) in [5.74, 6) is 1.31. The fraction of sp³-hybridized carbons (Fsp3) is 0.312. The van der Waals surface area contributed by atoms with Crippen molar-refractivity contribution in [1.29, 1.82) is 0 Å². The van der Waals surface area contributed by atoms with Gasteiger partial charge < -0.3 is 4.90 Å². The summed E-state index contributed by atoms with van der Waals surface area (Å²) in [5.41, 5.74) is 1.86. The van der Waals surface area contributed by atoms with Crippen LogP contribution in [-0.2, 0) is 9.84 Å². The molecule has 1 aliphatic heterocycles. The first-order valence-corrected chi connectivity index (χ1v) is 8.70. The van der Waals surface area contributed by atoms with Crippen LogP contribution < -0.4 is 4.90 Å². The standard InChI is InChI=1S/C16H18N2O2S/c1-12(2)13-6-5-9-17-16(13)18-10-11-21(19,20)15-8-4-3-7-14(15)18/h3-9,12H,10-11H2,1-2H3. The second-order valence-corrected chi connectivity index (χ2v) is 7.59. The van der Waals surface area contributed by atoms with Gasteiger partial charge in [-0.25, -0.2) is 13.4 Å². The maximum Gasteiger partial charge on any atom is 0.182 e. The Hall–Kier alpha value is -1.88. The number of pyridine rings is 1. The summed E-state index contributed by atoms with van der Waals surface area (Å²) in [6.45, 7) is 4.68. The van der Waals surface area contributed by atoms with Crippen molar-refractivity contribution >= 4 is 21.3 Å². The summed E-state index contributed by atoms with van der Waals surface area (Å²) in [6, 6.07) is 11.1. The van der Waals surface area contributed by atoms with Gasteiger partial charge in [0.05, 0.1) is 16.3 Å². The van der Waals surface area contributed by atoms with Gasteiger partial charge in [0.25, 0.3) is 0 Å². The SMILES string of the molecule is CC(C)c1cccnc1N1CCS(=O)(=O)c2ccccc21. The minimum atomic E-state index is -3.19. The number of rotatable bonds is 2. The average Bonchev–Trinajstić information content (AvgIpc) is 2.47. The molecule has 21 heavy (non-hydrogen) atoms. The van der Waals surface area contributed by atoms with Gasteiger partial charge in [0.1, 0.15) is 5.82 Å². The first kappa shape index (κ1) is 14.1. The van der Waals surface area contributed by atoms with Crippen LogP contribution in [0, 0.1) is 0 Å². The van der Waals surface area contributed by atoms with E-state index < -0.39 is 9.84 Å². The predicted octanol–water partition coefficient (Wildman–Crippen LogP) is 3.13. The summed E-state index contributed by atoms with van der Waals surface area (Å²) in [6.07, 6.45) is 1.76. The van der Waals surface area contributed by atoms with E-state index in [1.165, 1.54) is 0 Å². The maximum atomic E-state index is 12.2. The highest BCUT2D eigenvalue weighted by molar-refractivity contribution is 7.91. The van der Waals surface area contributed by atoms with Crippen molar-refractivity contribution in [2.75, 3.05) is 17.2 Å². The number of nitrogens with zero attached hydrogens (tertiary/aromatic N) is 2. The summed E-state index contributed by atoms with van der Waals surface area (Å²) >= 11 is 0. The number of benzene rings is 1. The summed E-state index contributed by atoms with van der Waals surface area (Å²) < 4.78 is 24.4. The van der Waals surface area contributed by atoms with E-state index in [0.29, 0.717) is 17.4 Å². The molecule has 2 aromatic rings. The molecule has 4 nitrogen and oxygen atoms in total. The molecule has 0 aliphatic carbocycles. The van der Waals surface area contributed by atoms with Crippen molar-refractivity contribution < 1.29 is 8.42 Å². The van der Waals surface area contributed by atoms with E-state index in [-0.39, 0.29) is 5.75 Å². The number of hydrogen-bond acceptors (Lipinski definition) is 4. The number of fused-ring (bicyclic) bond motifs is 1. The molecule has 0 spiro atoms. The molecule has 5 heteroatoms. The highest BCUT2D eigenvalue weighted by atomic mass is 32.2. The predicted molar refractivity (Wildman–Crippen MR) is 83.8 cm³/mol. The van der Waals surface area contributed by atoms with Crippen molar-refractivity contribution in [3.05, 3.63) is 48.2 Å². The largest absolute Gasteiger partial charge is 0.324 e. The van der Waals surface area contributed by atoms with Crippen LogP contribution in [0.2, 0.25) is 0 Å². The average molecular weight is 302 g/mol. The third-order valence-electron chi connectivity index (χ3n) is 3.77. The Balaban J connectivity index is 2.18. The number of aromatic nitrogens is 1. The van der Waals surface area contributed by atoms with Crippen LogP contribution in [-0.4, -0.2) is 25.7 Å². The van der Waals surface area contributed by atoms with Crippen LogP contribution in [0.15, 0.2) is 47.5 Å². The van der Waals surface area contributed by atoms with Gasteiger partial charge in [0.15, 0.2) is 9.84 Å². The Morgan fingerprint density at radius 3 is 2.67 bits per heavy atom. The number of anilines is 2. The Bertz CT molecular complexity index is 769. The Labute approximate surface area is 125 Å². The molecule has 0 unspecified atom stereocenters. The molecule has 0 bridgehead atoms. The molecule has 0 saturated carbocycles. The Morgan fingerprint density at radius 1 is 1.14 bits per heavy atom. The van der Waals surface area contributed by atoms with Crippen LogP contribution in [0.4, 0.5) is 11.5 Å². The first-order chi connectivity index (χ1) is 10.0. The van der Waals surface area contributed by atoms with Gasteiger partial charge in [0.2, 0.25) is 0 Å². The molecule has 0 radical (unpaired) electrons. The molecule has 2 heterocycles. The van der Waals surface area contributed by atoms with Crippen molar-refractivity contribution in [1.82, 2.24) is 4.98 Å². The molecule has 0 atom stereocenters. The molecule has 1 aromatic carbocycles. The zero-order chi connectivity index (χ0) is 15.0. The molecule has 1 aromatic heterocycles. The molecule has 0 N–H and O–H groups in total. The van der Waals surface area contributed by atoms with Crippen molar-refractivity contribution in [3.8, 4) is 0 Å². The molecule has 1 aliphatic rings. The molecule has 0 saturated heterocycles. The van der Waals surface area contributed by atoms with E-state index in [4.69, 9.17) is 0 Å². The van der Waals surface area contributed by atoms with Crippen LogP contribution >= 0.6 is 0 Å². The van der Waals surface area contributed by atoms with E-state index in [1.54, 1.807) is 18.3 Å². The summed E-state index contributed by atoms with van der Waals surface area (Å²) in [4.78, 5) is 6.92.